The number of nitrogens with zero attached hydrogens (tertiary/aromatic N) is 1. The number of rotatable bonds is 34. The quantitative estimate of drug-likeness (QED) is 0.0142. The summed E-state index contributed by atoms with van der Waals surface area (Å²) in [5, 5.41) is 11.9. The Bertz CT molecular complexity index is 1750. The van der Waals surface area contributed by atoms with Gasteiger partial charge in [0.25, 0.3) is 0 Å². The minimum absolute atomic E-state index is 0.0688. The molecule has 0 aliphatic rings. The highest BCUT2D eigenvalue weighted by molar-refractivity contribution is 5.91. The minimum Gasteiger partial charge on any atom is -0.494 e. The Hall–Kier alpha value is -5.45. The molecule has 0 aromatic heterocycles. The van der Waals surface area contributed by atoms with Crippen LogP contribution in [-0.2, 0) is 19.1 Å². The van der Waals surface area contributed by atoms with Gasteiger partial charge in [-0.3, -0.25) is 10.1 Å². The fourth-order valence-corrected chi connectivity index (χ4v) is 6.83. The second-order valence-electron chi connectivity index (χ2n) is 15.4. The van der Waals surface area contributed by atoms with Crippen LogP contribution in [0.2, 0.25) is 0 Å². The maximum Gasteiger partial charge on any atom is 0.343 e. The number of esters is 3. The zero-order valence-electron chi connectivity index (χ0n) is 36.3. The average Bonchev–Trinajstić information content (AvgIpc) is 3.27. The molecule has 0 amide bonds. The third kappa shape index (κ3) is 21.6. The molecule has 0 aliphatic heterocycles. The molecule has 11 nitrogen and oxygen atoms in total. The molecule has 3 aromatic carbocycles. The number of unbranched alkanes of at least 4 members (excludes halogenated alkanes) is 17. The first-order valence-electron chi connectivity index (χ1n) is 22.3. The fraction of sp³-hybridized carbons (Fsp3) is 0.500. The predicted octanol–water partition coefficient (Wildman–Crippen LogP) is 12.9. The van der Waals surface area contributed by atoms with Crippen molar-refractivity contribution in [2.45, 2.75) is 141 Å². The topological polar surface area (TPSA) is 141 Å². The van der Waals surface area contributed by atoms with Gasteiger partial charge in [-0.05, 0) is 86.6 Å². The largest absolute Gasteiger partial charge is 0.494 e. The molecule has 0 spiro atoms. The minimum atomic E-state index is -0.615. The van der Waals surface area contributed by atoms with Gasteiger partial charge < -0.3 is 23.7 Å². The molecule has 0 unspecified atom stereocenters. The summed E-state index contributed by atoms with van der Waals surface area (Å²) in [5.41, 5.74) is 1.98. The average molecular weight is 842 g/mol. The summed E-state index contributed by atoms with van der Waals surface area (Å²) < 4.78 is 27.4. The molecule has 0 saturated heterocycles. The Kier molecular flexibility index (Phi) is 25.0. The molecular formula is C50H67NO10. The SMILES string of the molecule is C=CC(=O)OCCCCCCCCCCCC[C@H](C)Oc1ccc(OC(=O)c2ccc(-c3ccc(OCCCCCCCCCCCOC(=O)C=C)cc3)cc2)cc1[N+](=O)[O-]. The maximum atomic E-state index is 13.0. The van der Waals surface area contributed by atoms with Crippen LogP contribution in [0.1, 0.15) is 146 Å². The lowest BCUT2D eigenvalue weighted by Crippen LogP contribution is -2.13. The fourth-order valence-electron chi connectivity index (χ4n) is 6.83. The van der Waals surface area contributed by atoms with E-state index in [9.17, 15) is 24.5 Å². The van der Waals surface area contributed by atoms with E-state index in [0.717, 1.165) is 93.9 Å². The van der Waals surface area contributed by atoms with Gasteiger partial charge in [-0.25, -0.2) is 14.4 Å². The summed E-state index contributed by atoms with van der Waals surface area (Å²) >= 11 is 0. The van der Waals surface area contributed by atoms with Crippen molar-refractivity contribution in [3.8, 4) is 28.4 Å². The molecule has 61 heavy (non-hydrogen) atoms. The highest BCUT2D eigenvalue weighted by atomic mass is 16.6. The van der Waals surface area contributed by atoms with Gasteiger partial charge >= 0.3 is 23.6 Å². The molecule has 0 bridgehead atoms. The van der Waals surface area contributed by atoms with Crippen LogP contribution in [0.5, 0.6) is 17.2 Å². The normalized spacial score (nSPS) is 11.3. The number of benzene rings is 3. The van der Waals surface area contributed by atoms with Crippen molar-refractivity contribution in [3.63, 3.8) is 0 Å². The molecule has 0 heterocycles. The number of carbonyl (C=O) groups excluding carboxylic acids is 3. The van der Waals surface area contributed by atoms with Gasteiger partial charge in [0.2, 0.25) is 0 Å². The first-order chi connectivity index (χ1) is 29.7. The Morgan fingerprint density at radius 3 is 1.49 bits per heavy atom. The summed E-state index contributed by atoms with van der Waals surface area (Å²) in [6.45, 7) is 10.3. The first-order valence-corrected chi connectivity index (χ1v) is 22.3. The Labute approximate surface area is 363 Å². The third-order valence-electron chi connectivity index (χ3n) is 10.4. The van der Waals surface area contributed by atoms with Gasteiger partial charge in [0.1, 0.15) is 11.5 Å². The highest BCUT2D eigenvalue weighted by Gasteiger charge is 2.20. The lowest BCUT2D eigenvalue weighted by atomic mass is 10.0. The van der Waals surface area contributed by atoms with Crippen molar-refractivity contribution in [1.29, 1.82) is 0 Å². The molecule has 0 fully saturated rings. The lowest BCUT2D eigenvalue weighted by Gasteiger charge is -2.15. The van der Waals surface area contributed by atoms with E-state index >= 15 is 0 Å². The Balaban J connectivity index is 1.29. The standard InChI is InChI=1S/C50H67NO10/c1-4-48(52)58-37-23-19-15-10-7-6-9-13-17-21-25-40(3)60-47-35-34-45(39-46(47)51(55)56)61-50(54)43-28-26-41(27-29-43)42-30-32-44(33-31-42)57-36-22-18-14-11-8-12-16-20-24-38-59-49(53)5-2/h4-5,26-35,39-40H,1-2,6-25,36-38H2,3H3/t40-/m0/s1. The lowest BCUT2D eigenvalue weighted by molar-refractivity contribution is -0.386. The van der Waals surface area contributed by atoms with Crippen LogP contribution in [0.25, 0.3) is 11.1 Å². The van der Waals surface area contributed by atoms with Crippen LogP contribution in [0.15, 0.2) is 92.0 Å². The Morgan fingerprint density at radius 2 is 1.02 bits per heavy atom. The van der Waals surface area contributed by atoms with Gasteiger partial charge in [0.05, 0.1) is 42.5 Å². The summed E-state index contributed by atoms with van der Waals surface area (Å²) in [6.07, 6.45) is 24.1. The van der Waals surface area contributed by atoms with Crippen LogP contribution < -0.4 is 14.2 Å². The zero-order valence-corrected chi connectivity index (χ0v) is 36.3. The molecule has 0 N–H and O–H groups in total. The predicted molar refractivity (Wildman–Crippen MR) is 240 cm³/mol. The molecule has 1 atom stereocenters. The number of hydrogen-bond donors (Lipinski definition) is 0. The molecule has 332 valence electrons. The second-order valence-corrected chi connectivity index (χ2v) is 15.4. The number of carbonyl (C=O) groups is 3. The van der Waals surface area contributed by atoms with Crippen molar-refractivity contribution in [1.82, 2.24) is 0 Å². The van der Waals surface area contributed by atoms with E-state index < -0.39 is 10.9 Å². The third-order valence-corrected chi connectivity index (χ3v) is 10.4. The van der Waals surface area contributed by atoms with Crippen molar-refractivity contribution in [2.75, 3.05) is 19.8 Å². The van der Waals surface area contributed by atoms with Crippen LogP contribution in [0.4, 0.5) is 5.69 Å². The van der Waals surface area contributed by atoms with E-state index in [1.54, 1.807) is 12.1 Å². The maximum absolute atomic E-state index is 13.0. The summed E-state index contributed by atoms with van der Waals surface area (Å²) in [7, 11) is 0. The van der Waals surface area contributed by atoms with Gasteiger partial charge in [-0.1, -0.05) is 134 Å². The van der Waals surface area contributed by atoms with Crippen LogP contribution >= 0.6 is 0 Å². The van der Waals surface area contributed by atoms with Crippen molar-refractivity contribution in [2.24, 2.45) is 0 Å². The second kappa shape index (κ2) is 30.6. The first kappa shape index (κ1) is 49.9. The summed E-state index contributed by atoms with van der Waals surface area (Å²) in [5.74, 6) is -0.301. The highest BCUT2D eigenvalue weighted by Crippen LogP contribution is 2.33. The molecule has 3 aromatic rings. The van der Waals surface area contributed by atoms with Gasteiger partial charge in [-0.15, -0.1) is 0 Å². The number of nitro benzene ring substituents is 1. The van der Waals surface area contributed by atoms with Gasteiger partial charge in [0.15, 0.2) is 5.75 Å². The number of nitro groups is 1. The van der Waals surface area contributed by atoms with E-state index in [0.29, 0.717) is 25.4 Å². The van der Waals surface area contributed by atoms with Gasteiger partial charge in [-0.2, -0.15) is 0 Å². The van der Waals surface area contributed by atoms with Crippen molar-refractivity contribution < 1.29 is 43.0 Å². The molecule has 0 aliphatic carbocycles. The van der Waals surface area contributed by atoms with E-state index in [4.69, 9.17) is 23.7 Å². The molecule has 3 rings (SSSR count). The van der Waals surface area contributed by atoms with Crippen LogP contribution in [-0.4, -0.2) is 48.8 Å². The van der Waals surface area contributed by atoms with E-state index in [1.165, 1.54) is 81.7 Å². The van der Waals surface area contributed by atoms with Crippen molar-refractivity contribution >= 4 is 23.6 Å². The van der Waals surface area contributed by atoms with E-state index in [1.807, 2.05) is 43.3 Å². The molecule has 11 heteroatoms. The molecular weight excluding hydrogens is 775 g/mol. The van der Waals surface area contributed by atoms with E-state index in [2.05, 4.69) is 13.2 Å². The summed E-state index contributed by atoms with van der Waals surface area (Å²) in [6, 6.07) is 19.1. The monoisotopic (exact) mass is 841 g/mol. The molecule has 0 saturated carbocycles. The zero-order chi connectivity index (χ0) is 43.9. The van der Waals surface area contributed by atoms with Crippen molar-refractivity contribution in [3.05, 3.63) is 108 Å². The Morgan fingerprint density at radius 1 is 0.590 bits per heavy atom. The number of hydrogen-bond acceptors (Lipinski definition) is 10. The van der Waals surface area contributed by atoms with Crippen LogP contribution in [0.3, 0.4) is 0 Å². The smallest absolute Gasteiger partial charge is 0.343 e. The molecule has 0 radical (unpaired) electrons. The van der Waals surface area contributed by atoms with Gasteiger partial charge in [0, 0.05) is 12.2 Å². The van der Waals surface area contributed by atoms with E-state index in [-0.39, 0.29) is 35.2 Å². The van der Waals surface area contributed by atoms with Crippen LogP contribution in [0, 0.1) is 10.1 Å². The number of ether oxygens (including phenoxy) is 5. The summed E-state index contributed by atoms with van der Waals surface area (Å²) in [4.78, 5) is 46.4.